The Morgan fingerprint density at radius 3 is 2.43 bits per heavy atom. The van der Waals surface area contributed by atoms with Gasteiger partial charge in [-0.1, -0.05) is 53.7 Å². The second-order valence-electron chi connectivity index (χ2n) is 6.32. The highest BCUT2D eigenvalue weighted by Crippen LogP contribution is 2.29. The van der Waals surface area contributed by atoms with Crippen molar-refractivity contribution < 1.29 is 14.1 Å². The number of esters is 1. The first-order valence-corrected chi connectivity index (χ1v) is 10.5. The molecule has 0 aliphatic heterocycles. The van der Waals surface area contributed by atoms with Crippen LogP contribution < -0.4 is 4.74 Å². The van der Waals surface area contributed by atoms with Crippen LogP contribution in [0.5, 0.6) is 5.75 Å². The first-order chi connectivity index (χ1) is 14.7. The maximum absolute atomic E-state index is 12.4. The monoisotopic (exact) mass is 414 g/mol. The van der Waals surface area contributed by atoms with Gasteiger partial charge < -0.3 is 9.26 Å². The lowest BCUT2D eigenvalue weighted by Crippen LogP contribution is -2.08. The summed E-state index contributed by atoms with van der Waals surface area (Å²) >= 11 is 1.70. The summed E-state index contributed by atoms with van der Waals surface area (Å²) in [5.41, 5.74) is 2.06. The van der Waals surface area contributed by atoms with Gasteiger partial charge in [0.25, 0.3) is 5.89 Å². The number of para-hydroxylation sites is 1. The average Bonchev–Trinajstić information content (AvgIpc) is 3.28. The summed E-state index contributed by atoms with van der Waals surface area (Å²) in [7, 11) is 0. The van der Waals surface area contributed by atoms with Gasteiger partial charge in [-0.3, -0.25) is 0 Å². The maximum atomic E-state index is 12.4. The van der Waals surface area contributed by atoms with E-state index in [4.69, 9.17) is 9.26 Å². The normalized spacial score (nSPS) is 11.0. The molecule has 4 rings (SSSR count). The Labute approximate surface area is 178 Å². The molecule has 0 aliphatic rings. The summed E-state index contributed by atoms with van der Waals surface area (Å²) in [5, 5.41) is 4.00. The van der Waals surface area contributed by atoms with E-state index in [9.17, 15) is 4.79 Å². The molecule has 0 atom stereocenters. The quantitative estimate of drug-likeness (QED) is 0.224. The molecule has 4 aromatic rings. The Balaban J connectivity index is 1.53. The van der Waals surface area contributed by atoms with E-state index in [1.165, 1.54) is 4.90 Å². The van der Waals surface area contributed by atoms with Crippen molar-refractivity contribution in [1.29, 1.82) is 0 Å². The fraction of sp³-hybridized carbons (Fsp3) is 0.0417. The van der Waals surface area contributed by atoms with E-state index < -0.39 is 5.97 Å². The third-order valence-electron chi connectivity index (χ3n) is 4.31. The Kier molecular flexibility index (Phi) is 6.06. The molecule has 0 amide bonds. The topological polar surface area (TPSA) is 65.2 Å². The summed E-state index contributed by atoms with van der Waals surface area (Å²) in [6.07, 6.45) is 5.74. The van der Waals surface area contributed by atoms with Crippen LogP contribution in [0.25, 0.3) is 23.6 Å². The molecule has 1 heterocycles. The molecule has 0 aliphatic carbocycles. The number of rotatable bonds is 6. The number of hydrogen-bond acceptors (Lipinski definition) is 6. The van der Waals surface area contributed by atoms with Crippen molar-refractivity contribution in [3.8, 4) is 17.2 Å². The molecule has 6 heteroatoms. The molecule has 0 spiro atoms. The molecular weight excluding hydrogens is 396 g/mol. The van der Waals surface area contributed by atoms with Crippen LogP contribution in [-0.2, 0) is 0 Å². The minimum absolute atomic E-state index is 0.281. The summed E-state index contributed by atoms with van der Waals surface area (Å²) in [4.78, 5) is 18.0. The molecule has 0 radical (unpaired) electrons. The van der Waals surface area contributed by atoms with Gasteiger partial charge in [0.05, 0.1) is 11.1 Å². The smallest absolute Gasteiger partial charge is 0.343 e. The highest BCUT2D eigenvalue weighted by atomic mass is 32.2. The fourth-order valence-corrected chi connectivity index (χ4v) is 3.17. The van der Waals surface area contributed by atoms with Crippen molar-refractivity contribution in [2.75, 3.05) is 6.26 Å². The van der Waals surface area contributed by atoms with Gasteiger partial charge >= 0.3 is 5.97 Å². The van der Waals surface area contributed by atoms with Gasteiger partial charge in [-0.2, -0.15) is 4.98 Å². The molecule has 0 saturated heterocycles. The number of thioether (sulfide) groups is 1. The minimum Gasteiger partial charge on any atom is -0.422 e. The third-order valence-corrected chi connectivity index (χ3v) is 5.06. The second-order valence-corrected chi connectivity index (χ2v) is 7.20. The van der Waals surface area contributed by atoms with Gasteiger partial charge in [0.15, 0.2) is 5.82 Å². The Hall–Kier alpha value is -3.64. The lowest BCUT2D eigenvalue weighted by molar-refractivity contribution is 0.0735. The molecule has 0 unspecified atom stereocenters. The largest absolute Gasteiger partial charge is 0.422 e. The number of aromatic nitrogens is 2. The lowest BCUT2D eigenvalue weighted by Gasteiger charge is -2.07. The molecule has 0 fully saturated rings. The van der Waals surface area contributed by atoms with Gasteiger partial charge in [0.1, 0.15) is 5.75 Å². The zero-order chi connectivity index (χ0) is 20.8. The Bertz CT molecular complexity index is 1170. The van der Waals surface area contributed by atoms with Gasteiger partial charge in [-0.25, -0.2) is 4.79 Å². The number of carbonyl (C=O) groups excluding carboxylic acids is 1. The van der Waals surface area contributed by atoms with Crippen LogP contribution in [0.15, 0.2) is 88.3 Å². The van der Waals surface area contributed by atoms with Gasteiger partial charge in [-0.15, -0.1) is 11.8 Å². The predicted molar refractivity (Wildman–Crippen MR) is 118 cm³/mol. The SMILES string of the molecule is CSc1ccc(/C=C/c2noc(-c3ccccc3OC(=O)c3ccccc3)n2)cc1. The van der Waals surface area contributed by atoms with Crippen LogP contribution in [0.2, 0.25) is 0 Å². The van der Waals surface area contributed by atoms with E-state index in [2.05, 4.69) is 22.3 Å². The lowest BCUT2D eigenvalue weighted by atomic mass is 10.2. The van der Waals surface area contributed by atoms with Crippen molar-refractivity contribution in [2.24, 2.45) is 0 Å². The van der Waals surface area contributed by atoms with E-state index in [0.29, 0.717) is 22.7 Å². The molecule has 0 saturated carbocycles. The Morgan fingerprint density at radius 2 is 1.67 bits per heavy atom. The van der Waals surface area contributed by atoms with Gasteiger partial charge in [0, 0.05) is 4.90 Å². The van der Waals surface area contributed by atoms with Crippen molar-refractivity contribution in [2.45, 2.75) is 4.90 Å². The molecule has 5 nitrogen and oxygen atoms in total. The molecule has 3 aromatic carbocycles. The number of carbonyl (C=O) groups is 1. The van der Waals surface area contributed by atoms with E-state index in [1.54, 1.807) is 60.3 Å². The molecule has 30 heavy (non-hydrogen) atoms. The second kappa shape index (κ2) is 9.24. The van der Waals surface area contributed by atoms with Crippen LogP contribution in [0, 0.1) is 0 Å². The molecule has 0 bridgehead atoms. The predicted octanol–water partition coefficient (Wildman–Crippen LogP) is 5.85. The van der Waals surface area contributed by atoms with Crippen molar-refractivity contribution in [1.82, 2.24) is 10.1 Å². The first-order valence-electron chi connectivity index (χ1n) is 9.25. The molecular formula is C24H18N2O3S. The number of ether oxygens (including phenoxy) is 1. The highest BCUT2D eigenvalue weighted by Gasteiger charge is 2.16. The first kappa shape index (κ1) is 19.7. The standard InChI is InChI=1S/C24H18N2O3S/c1-30-19-14-11-17(12-15-19)13-16-22-25-23(29-26-22)20-9-5-6-10-21(20)28-24(27)18-7-3-2-4-8-18/h2-16H,1H3/b16-13+. The number of nitrogens with zero attached hydrogens (tertiary/aromatic N) is 2. The van der Waals surface area contributed by atoms with E-state index in [-0.39, 0.29) is 5.89 Å². The van der Waals surface area contributed by atoms with Crippen LogP contribution in [0.1, 0.15) is 21.7 Å². The third kappa shape index (κ3) is 4.67. The summed E-state index contributed by atoms with van der Waals surface area (Å²) < 4.78 is 11.0. The fourth-order valence-electron chi connectivity index (χ4n) is 2.76. The Morgan fingerprint density at radius 1 is 0.933 bits per heavy atom. The zero-order valence-corrected chi connectivity index (χ0v) is 17.0. The van der Waals surface area contributed by atoms with E-state index in [0.717, 1.165) is 5.56 Å². The number of benzene rings is 3. The molecule has 148 valence electrons. The van der Waals surface area contributed by atoms with Crippen molar-refractivity contribution >= 4 is 29.9 Å². The van der Waals surface area contributed by atoms with Crippen LogP contribution in [-0.4, -0.2) is 22.4 Å². The maximum Gasteiger partial charge on any atom is 0.343 e. The van der Waals surface area contributed by atoms with Gasteiger partial charge in [0.2, 0.25) is 0 Å². The van der Waals surface area contributed by atoms with E-state index >= 15 is 0 Å². The molecule has 0 N–H and O–H groups in total. The molecule has 1 aromatic heterocycles. The minimum atomic E-state index is -0.448. The zero-order valence-electron chi connectivity index (χ0n) is 16.2. The van der Waals surface area contributed by atoms with Crippen LogP contribution >= 0.6 is 11.8 Å². The summed E-state index contributed by atoms with van der Waals surface area (Å²) in [6.45, 7) is 0. The summed E-state index contributed by atoms with van der Waals surface area (Å²) in [6, 6.07) is 24.1. The van der Waals surface area contributed by atoms with Gasteiger partial charge in [-0.05, 0) is 54.3 Å². The number of hydrogen-bond donors (Lipinski definition) is 0. The van der Waals surface area contributed by atoms with Crippen molar-refractivity contribution in [3.63, 3.8) is 0 Å². The highest BCUT2D eigenvalue weighted by molar-refractivity contribution is 7.98. The summed E-state index contributed by atoms with van der Waals surface area (Å²) in [5.74, 6) is 0.626. The van der Waals surface area contributed by atoms with E-state index in [1.807, 2.05) is 36.6 Å². The average molecular weight is 414 g/mol. The van der Waals surface area contributed by atoms with Crippen LogP contribution in [0.3, 0.4) is 0 Å². The van der Waals surface area contributed by atoms with Crippen molar-refractivity contribution in [3.05, 3.63) is 95.8 Å². The van der Waals surface area contributed by atoms with Crippen LogP contribution in [0.4, 0.5) is 0 Å².